The van der Waals surface area contributed by atoms with Gasteiger partial charge in [0.25, 0.3) is 0 Å². The molecule has 18 heavy (non-hydrogen) atoms. The molecule has 0 radical (unpaired) electrons. The van der Waals surface area contributed by atoms with E-state index in [1.807, 2.05) is 0 Å². The Bertz CT molecular complexity index is 466. The smallest absolute Gasteiger partial charge is 0.371 e. The van der Waals surface area contributed by atoms with Crippen LogP contribution in [-0.4, -0.2) is 41.4 Å². The quantitative estimate of drug-likeness (QED) is 0.774. The Morgan fingerprint density at radius 1 is 1.39 bits per heavy atom. The highest BCUT2D eigenvalue weighted by molar-refractivity contribution is 5.84. The SMILES string of the molecule is CC(=O)N(C)CC(=O)NCc1ccc(C(=O)O)o1. The predicted octanol–water partition coefficient (Wildman–Crippen LogP) is 0.0723. The summed E-state index contributed by atoms with van der Waals surface area (Å²) in [5, 5.41) is 11.1. The maximum absolute atomic E-state index is 11.4. The minimum atomic E-state index is -1.16. The highest BCUT2D eigenvalue weighted by Crippen LogP contribution is 2.07. The van der Waals surface area contributed by atoms with Gasteiger partial charge in [-0.2, -0.15) is 0 Å². The average molecular weight is 254 g/mol. The molecule has 2 amide bonds. The van der Waals surface area contributed by atoms with Crippen LogP contribution in [0.2, 0.25) is 0 Å². The molecule has 0 aliphatic rings. The molecule has 1 aromatic rings. The number of likely N-dealkylation sites (N-methyl/N-ethyl adjacent to an activating group) is 1. The van der Waals surface area contributed by atoms with E-state index in [2.05, 4.69) is 5.32 Å². The normalized spacial score (nSPS) is 9.89. The summed E-state index contributed by atoms with van der Waals surface area (Å²) < 4.78 is 4.95. The molecule has 0 aromatic carbocycles. The van der Waals surface area contributed by atoms with Crippen molar-refractivity contribution in [3.05, 3.63) is 23.7 Å². The van der Waals surface area contributed by atoms with E-state index in [-0.39, 0.29) is 30.7 Å². The van der Waals surface area contributed by atoms with Gasteiger partial charge in [0.1, 0.15) is 5.76 Å². The maximum Gasteiger partial charge on any atom is 0.371 e. The van der Waals surface area contributed by atoms with Crippen LogP contribution in [0, 0.1) is 0 Å². The van der Waals surface area contributed by atoms with Gasteiger partial charge in [-0.3, -0.25) is 9.59 Å². The largest absolute Gasteiger partial charge is 0.475 e. The number of carboxylic acids is 1. The number of amides is 2. The number of nitrogens with one attached hydrogen (secondary N) is 1. The van der Waals surface area contributed by atoms with E-state index in [1.165, 1.54) is 31.0 Å². The number of rotatable bonds is 5. The van der Waals surface area contributed by atoms with Gasteiger partial charge in [0.15, 0.2) is 0 Å². The van der Waals surface area contributed by atoms with Crippen molar-refractivity contribution in [2.75, 3.05) is 13.6 Å². The van der Waals surface area contributed by atoms with Crippen LogP contribution < -0.4 is 5.32 Å². The van der Waals surface area contributed by atoms with Crippen molar-refractivity contribution >= 4 is 17.8 Å². The zero-order valence-corrected chi connectivity index (χ0v) is 10.1. The van der Waals surface area contributed by atoms with Crippen LogP contribution in [0.1, 0.15) is 23.2 Å². The Labute approximate surface area is 103 Å². The molecule has 0 unspecified atom stereocenters. The van der Waals surface area contributed by atoms with Crippen molar-refractivity contribution in [1.82, 2.24) is 10.2 Å². The van der Waals surface area contributed by atoms with Crippen molar-refractivity contribution in [2.45, 2.75) is 13.5 Å². The second-order valence-corrected chi connectivity index (χ2v) is 3.72. The summed E-state index contributed by atoms with van der Waals surface area (Å²) >= 11 is 0. The molecule has 0 fully saturated rings. The van der Waals surface area contributed by atoms with E-state index in [4.69, 9.17) is 9.52 Å². The molecule has 1 rings (SSSR count). The first kappa shape index (κ1) is 13.8. The van der Waals surface area contributed by atoms with Gasteiger partial charge in [0.05, 0.1) is 13.1 Å². The molecule has 0 atom stereocenters. The molecule has 0 saturated carbocycles. The van der Waals surface area contributed by atoms with Crippen molar-refractivity contribution in [3.63, 3.8) is 0 Å². The predicted molar refractivity (Wildman–Crippen MR) is 60.8 cm³/mol. The number of aromatic carboxylic acids is 1. The lowest BCUT2D eigenvalue weighted by atomic mass is 10.4. The van der Waals surface area contributed by atoms with E-state index in [0.29, 0.717) is 5.76 Å². The summed E-state index contributed by atoms with van der Waals surface area (Å²) in [4.78, 5) is 34.1. The van der Waals surface area contributed by atoms with Gasteiger partial charge in [-0.15, -0.1) is 0 Å². The number of carbonyl (C=O) groups excluding carboxylic acids is 2. The zero-order chi connectivity index (χ0) is 13.7. The number of carboxylic acid groups (broad SMARTS) is 1. The van der Waals surface area contributed by atoms with E-state index in [0.717, 1.165) is 0 Å². The number of furan rings is 1. The average Bonchev–Trinajstić information content (AvgIpc) is 2.74. The second-order valence-electron chi connectivity index (χ2n) is 3.72. The van der Waals surface area contributed by atoms with Gasteiger partial charge in [0.2, 0.25) is 17.6 Å². The summed E-state index contributed by atoms with van der Waals surface area (Å²) in [6.45, 7) is 1.39. The van der Waals surface area contributed by atoms with Crippen molar-refractivity contribution in [3.8, 4) is 0 Å². The molecule has 0 aliphatic heterocycles. The first-order valence-electron chi connectivity index (χ1n) is 5.20. The third-order valence-electron chi connectivity index (χ3n) is 2.25. The maximum atomic E-state index is 11.4. The minimum absolute atomic E-state index is 0.0537. The van der Waals surface area contributed by atoms with Crippen LogP contribution in [0.25, 0.3) is 0 Å². The number of nitrogens with zero attached hydrogens (tertiary/aromatic N) is 1. The van der Waals surface area contributed by atoms with Gasteiger partial charge in [0, 0.05) is 14.0 Å². The lowest BCUT2D eigenvalue weighted by molar-refractivity contribution is -0.133. The first-order chi connectivity index (χ1) is 8.40. The molecule has 0 bridgehead atoms. The van der Waals surface area contributed by atoms with E-state index >= 15 is 0 Å². The molecule has 98 valence electrons. The van der Waals surface area contributed by atoms with Crippen LogP contribution in [-0.2, 0) is 16.1 Å². The third-order valence-corrected chi connectivity index (χ3v) is 2.25. The fraction of sp³-hybridized carbons (Fsp3) is 0.364. The molecular formula is C11H14N2O5. The number of carbonyl (C=O) groups is 3. The van der Waals surface area contributed by atoms with E-state index in [9.17, 15) is 14.4 Å². The van der Waals surface area contributed by atoms with Gasteiger partial charge >= 0.3 is 5.97 Å². The number of hydrogen-bond acceptors (Lipinski definition) is 4. The van der Waals surface area contributed by atoms with Crippen LogP contribution in [0.3, 0.4) is 0 Å². The van der Waals surface area contributed by atoms with Crippen LogP contribution in [0.4, 0.5) is 0 Å². The Morgan fingerprint density at radius 3 is 2.56 bits per heavy atom. The molecule has 0 spiro atoms. The third kappa shape index (κ3) is 3.93. The molecule has 7 nitrogen and oxygen atoms in total. The van der Waals surface area contributed by atoms with E-state index in [1.54, 1.807) is 0 Å². The number of hydrogen-bond donors (Lipinski definition) is 2. The molecule has 0 saturated heterocycles. The Hall–Kier alpha value is -2.31. The van der Waals surface area contributed by atoms with Crippen molar-refractivity contribution in [1.29, 1.82) is 0 Å². The fourth-order valence-electron chi connectivity index (χ4n) is 1.16. The topological polar surface area (TPSA) is 99.9 Å². The summed E-state index contributed by atoms with van der Waals surface area (Å²) in [5.74, 6) is -1.56. The van der Waals surface area contributed by atoms with Gasteiger partial charge < -0.3 is 19.7 Å². The molecule has 7 heteroatoms. The highest BCUT2D eigenvalue weighted by Gasteiger charge is 2.11. The standard InChI is InChI=1S/C11H14N2O5/c1-7(14)13(2)6-10(15)12-5-8-3-4-9(18-8)11(16)17/h3-4H,5-6H2,1-2H3,(H,12,15)(H,16,17). The summed E-state index contributed by atoms with van der Waals surface area (Å²) in [6, 6.07) is 2.78. The molecule has 0 aliphatic carbocycles. The van der Waals surface area contributed by atoms with E-state index < -0.39 is 5.97 Å². The highest BCUT2D eigenvalue weighted by atomic mass is 16.4. The summed E-state index contributed by atoms with van der Waals surface area (Å²) in [5.41, 5.74) is 0. The lowest BCUT2D eigenvalue weighted by Crippen LogP contribution is -2.36. The Morgan fingerprint density at radius 2 is 2.06 bits per heavy atom. The summed E-state index contributed by atoms with van der Waals surface area (Å²) in [7, 11) is 1.51. The zero-order valence-electron chi connectivity index (χ0n) is 10.1. The molecule has 1 heterocycles. The lowest BCUT2D eigenvalue weighted by Gasteiger charge is -2.13. The first-order valence-corrected chi connectivity index (χ1v) is 5.20. The molecular weight excluding hydrogens is 240 g/mol. The van der Waals surface area contributed by atoms with Crippen LogP contribution >= 0.6 is 0 Å². The van der Waals surface area contributed by atoms with Crippen LogP contribution in [0.5, 0.6) is 0 Å². The fourth-order valence-corrected chi connectivity index (χ4v) is 1.16. The Balaban J connectivity index is 2.42. The van der Waals surface area contributed by atoms with Crippen LogP contribution in [0.15, 0.2) is 16.5 Å². The molecule has 1 aromatic heterocycles. The monoisotopic (exact) mass is 254 g/mol. The Kier molecular flexibility index (Phi) is 4.47. The minimum Gasteiger partial charge on any atom is -0.475 e. The van der Waals surface area contributed by atoms with Crippen molar-refractivity contribution in [2.24, 2.45) is 0 Å². The summed E-state index contributed by atoms with van der Waals surface area (Å²) in [6.07, 6.45) is 0. The van der Waals surface area contributed by atoms with Gasteiger partial charge in [-0.05, 0) is 12.1 Å². The van der Waals surface area contributed by atoms with Crippen molar-refractivity contribution < 1.29 is 23.9 Å². The van der Waals surface area contributed by atoms with Gasteiger partial charge in [-0.25, -0.2) is 4.79 Å². The van der Waals surface area contributed by atoms with Gasteiger partial charge in [-0.1, -0.05) is 0 Å². The second kappa shape index (κ2) is 5.85. The molecule has 2 N–H and O–H groups in total.